The van der Waals surface area contributed by atoms with Gasteiger partial charge in [-0.25, -0.2) is 5.43 Å². The first kappa shape index (κ1) is 15.3. The van der Waals surface area contributed by atoms with Crippen LogP contribution in [0.4, 0.5) is 5.69 Å². The fourth-order valence-corrected chi connectivity index (χ4v) is 3.06. The molecule has 2 aliphatic heterocycles. The van der Waals surface area contributed by atoms with Crippen molar-refractivity contribution in [3.8, 4) is 11.5 Å². The predicted molar refractivity (Wildman–Crippen MR) is 90.0 cm³/mol. The molecule has 1 amide bonds. The molecule has 2 unspecified atom stereocenters. The maximum absolute atomic E-state index is 12.7. The monoisotopic (exact) mass is 345 g/mol. The third kappa shape index (κ3) is 2.91. The molecule has 0 spiro atoms. The van der Waals surface area contributed by atoms with Crippen LogP contribution in [0.1, 0.15) is 11.6 Å². The van der Waals surface area contributed by atoms with Gasteiger partial charge in [0, 0.05) is 23.3 Å². The van der Waals surface area contributed by atoms with E-state index in [9.17, 15) is 4.79 Å². The van der Waals surface area contributed by atoms with Crippen molar-refractivity contribution in [3.05, 3.63) is 53.1 Å². The van der Waals surface area contributed by atoms with Crippen molar-refractivity contribution in [1.82, 2.24) is 10.9 Å². The third-order valence-electron chi connectivity index (χ3n) is 4.19. The molecule has 2 heterocycles. The van der Waals surface area contributed by atoms with E-state index < -0.39 is 0 Å². The Balaban J connectivity index is 1.50. The average molecular weight is 346 g/mol. The molecule has 2 aromatic carbocycles. The molecule has 0 bridgehead atoms. The molecule has 2 atom stereocenters. The summed E-state index contributed by atoms with van der Waals surface area (Å²) < 4.78 is 10.6. The van der Waals surface area contributed by atoms with Crippen molar-refractivity contribution < 1.29 is 14.3 Å². The maximum atomic E-state index is 12.7. The van der Waals surface area contributed by atoms with Crippen molar-refractivity contribution in [1.29, 1.82) is 0 Å². The fraction of sp³-hybridized carbons (Fsp3) is 0.235. The van der Waals surface area contributed by atoms with E-state index >= 15 is 0 Å². The zero-order chi connectivity index (χ0) is 16.5. The first-order chi connectivity index (χ1) is 11.7. The predicted octanol–water partition coefficient (Wildman–Crippen LogP) is 2.47. The van der Waals surface area contributed by atoms with Gasteiger partial charge in [0.2, 0.25) is 12.7 Å². The number of fused-ring (bicyclic) bond motifs is 1. The largest absolute Gasteiger partial charge is 0.454 e. The summed E-state index contributed by atoms with van der Waals surface area (Å²) in [7, 11) is 0. The highest BCUT2D eigenvalue weighted by molar-refractivity contribution is 6.30. The summed E-state index contributed by atoms with van der Waals surface area (Å²) in [4.78, 5) is 12.7. The molecule has 2 aliphatic rings. The van der Waals surface area contributed by atoms with Gasteiger partial charge in [0.1, 0.15) is 0 Å². The van der Waals surface area contributed by atoms with Gasteiger partial charge in [-0.1, -0.05) is 23.7 Å². The standard InChI is InChI=1S/C17H16ClN3O3/c18-11-3-1-10(2-4-11)16-13(8-19-21-16)17(22)20-12-5-6-14-15(7-12)24-9-23-14/h1-7,13,16,19,21H,8-9H2,(H,20,22). The van der Waals surface area contributed by atoms with E-state index in [-0.39, 0.29) is 24.7 Å². The molecule has 2 aromatic rings. The zero-order valence-electron chi connectivity index (χ0n) is 12.7. The average Bonchev–Trinajstić information content (AvgIpc) is 3.24. The minimum absolute atomic E-state index is 0.0636. The Morgan fingerprint density at radius 1 is 1.12 bits per heavy atom. The Morgan fingerprint density at radius 2 is 1.92 bits per heavy atom. The molecule has 4 rings (SSSR count). The molecule has 0 aliphatic carbocycles. The van der Waals surface area contributed by atoms with E-state index in [1.165, 1.54) is 0 Å². The van der Waals surface area contributed by atoms with Crippen LogP contribution in [-0.2, 0) is 4.79 Å². The van der Waals surface area contributed by atoms with E-state index in [0.29, 0.717) is 28.8 Å². The topological polar surface area (TPSA) is 71.6 Å². The Kier molecular flexibility index (Phi) is 4.02. The number of nitrogens with one attached hydrogen (secondary N) is 3. The normalized spacial score (nSPS) is 21.7. The van der Waals surface area contributed by atoms with Gasteiger partial charge in [0.05, 0.1) is 12.0 Å². The van der Waals surface area contributed by atoms with Crippen LogP contribution in [0.15, 0.2) is 42.5 Å². The number of halogens is 1. The number of rotatable bonds is 3. The van der Waals surface area contributed by atoms with E-state index in [1.807, 2.05) is 24.3 Å². The van der Waals surface area contributed by atoms with Gasteiger partial charge in [-0.3, -0.25) is 10.2 Å². The summed E-state index contributed by atoms with van der Waals surface area (Å²) in [5.41, 5.74) is 7.90. The lowest BCUT2D eigenvalue weighted by Crippen LogP contribution is -2.29. The summed E-state index contributed by atoms with van der Waals surface area (Å²) in [6, 6.07) is 12.7. The molecule has 1 fully saturated rings. The van der Waals surface area contributed by atoms with Crippen LogP contribution in [0, 0.1) is 5.92 Å². The van der Waals surface area contributed by atoms with Crippen LogP contribution in [0.5, 0.6) is 11.5 Å². The van der Waals surface area contributed by atoms with Gasteiger partial charge in [0.15, 0.2) is 11.5 Å². The van der Waals surface area contributed by atoms with Gasteiger partial charge in [-0.05, 0) is 29.8 Å². The molecule has 0 radical (unpaired) electrons. The summed E-state index contributed by atoms with van der Waals surface area (Å²) in [6.07, 6.45) is 0. The van der Waals surface area contributed by atoms with Crippen molar-refractivity contribution in [2.24, 2.45) is 5.92 Å². The lowest BCUT2D eigenvalue weighted by atomic mass is 9.94. The van der Waals surface area contributed by atoms with Gasteiger partial charge in [0.25, 0.3) is 0 Å². The van der Waals surface area contributed by atoms with Gasteiger partial charge < -0.3 is 14.8 Å². The second-order valence-electron chi connectivity index (χ2n) is 5.72. The van der Waals surface area contributed by atoms with Crippen LogP contribution in [0.2, 0.25) is 5.02 Å². The van der Waals surface area contributed by atoms with Crippen molar-refractivity contribution in [3.63, 3.8) is 0 Å². The number of hydrogen-bond acceptors (Lipinski definition) is 5. The fourth-order valence-electron chi connectivity index (χ4n) is 2.94. The van der Waals surface area contributed by atoms with Gasteiger partial charge in [-0.2, -0.15) is 0 Å². The van der Waals surface area contributed by atoms with Crippen LogP contribution >= 0.6 is 11.6 Å². The Morgan fingerprint density at radius 3 is 2.75 bits per heavy atom. The SMILES string of the molecule is O=C(Nc1ccc2c(c1)OCO2)C1CNNC1c1ccc(Cl)cc1. The van der Waals surface area contributed by atoms with E-state index in [1.54, 1.807) is 18.2 Å². The van der Waals surface area contributed by atoms with E-state index in [0.717, 1.165) is 5.56 Å². The summed E-state index contributed by atoms with van der Waals surface area (Å²) in [6.45, 7) is 0.755. The molecular weight excluding hydrogens is 330 g/mol. The first-order valence-corrected chi connectivity index (χ1v) is 8.03. The highest BCUT2D eigenvalue weighted by atomic mass is 35.5. The summed E-state index contributed by atoms with van der Waals surface area (Å²) in [5, 5.41) is 3.62. The van der Waals surface area contributed by atoms with Gasteiger partial charge >= 0.3 is 0 Å². The first-order valence-electron chi connectivity index (χ1n) is 7.65. The number of hydrogen-bond donors (Lipinski definition) is 3. The van der Waals surface area contributed by atoms with Crippen molar-refractivity contribution in [2.45, 2.75) is 6.04 Å². The number of ether oxygens (including phenoxy) is 2. The molecule has 3 N–H and O–H groups in total. The molecule has 0 aromatic heterocycles. The quantitative estimate of drug-likeness (QED) is 0.797. The Hall–Kier alpha value is -2.28. The molecule has 1 saturated heterocycles. The minimum atomic E-state index is -0.239. The maximum Gasteiger partial charge on any atom is 0.231 e. The number of benzene rings is 2. The third-order valence-corrected chi connectivity index (χ3v) is 4.44. The number of amides is 1. The molecule has 124 valence electrons. The summed E-state index contributed by atoms with van der Waals surface area (Å²) in [5.74, 6) is 1.03. The lowest BCUT2D eigenvalue weighted by Gasteiger charge is -2.18. The van der Waals surface area contributed by atoms with Crippen molar-refractivity contribution >= 4 is 23.2 Å². The molecule has 7 heteroatoms. The highest BCUT2D eigenvalue weighted by Gasteiger charge is 2.34. The van der Waals surface area contributed by atoms with Crippen LogP contribution in [0.3, 0.4) is 0 Å². The summed E-state index contributed by atoms with van der Waals surface area (Å²) >= 11 is 5.93. The minimum Gasteiger partial charge on any atom is -0.454 e. The number of carbonyl (C=O) groups excluding carboxylic acids is 1. The zero-order valence-corrected chi connectivity index (χ0v) is 13.5. The lowest BCUT2D eigenvalue weighted by molar-refractivity contribution is -0.119. The van der Waals surface area contributed by atoms with E-state index in [2.05, 4.69) is 16.2 Å². The molecule has 24 heavy (non-hydrogen) atoms. The Labute approximate surface area is 144 Å². The highest BCUT2D eigenvalue weighted by Crippen LogP contribution is 2.35. The number of carbonyl (C=O) groups is 1. The van der Waals surface area contributed by atoms with Crippen molar-refractivity contribution in [2.75, 3.05) is 18.7 Å². The van der Waals surface area contributed by atoms with Gasteiger partial charge in [-0.15, -0.1) is 0 Å². The smallest absolute Gasteiger partial charge is 0.231 e. The second kappa shape index (κ2) is 6.32. The molecule has 6 nitrogen and oxygen atoms in total. The van der Waals surface area contributed by atoms with E-state index in [4.69, 9.17) is 21.1 Å². The molecular formula is C17H16ClN3O3. The number of anilines is 1. The molecule has 0 saturated carbocycles. The van der Waals surface area contributed by atoms with Crippen LogP contribution in [-0.4, -0.2) is 19.2 Å². The second-order valence-corrected chi connectivity index (χ2v) is 6.15. The number of hydrazine groups is 1. The Bertz CT molecular complexity index is 766. The van der Waals surface area contributed by atoms with Crippen LogP contribution in [0.25, 0.3) is 0 Å². The van der Waals surface area contributed by atoms with Crippen LogP contribution < -0.4 is 25.6 Å².